The fourth-order valence-electron chi connectivity index (χ4n) is 4.41. The molecule has 2 amide bonds. The molecule has 1 heterocycles. The lowest BCUT2D eigenvalue weighted by atomic mass is 9.92. The fraction of sp³-hybridized carbons (Fsp3) is 0.538. The molecule has 2 rings (SSSR count). The normalized spacial score (nSPS) is 25.7. The minimum absolute atomic E-state index is 0.000350. The Bertz CT molecular complexity index is 1050. The van der Waals surface area contributed by atoms with Crippen molar-refractivity contribution < 1.29 is 37.9 Å². The highest BCUT2D eigenvalue weighted by molar-refractivity contribution is 7.46. The molecule has 0 aromatic heterocycles. The standard InChI is InChI=1S/C26H39N2O8P/c1-17-8-5-10-19(3)25(29)28-21-14-20(15-23(16-21)36-37(31,32)33)11-7-13-22(34-4)12-6-9-18(2)24(17)35-26(27)30/h9-10,14-17,22,24H,5-8,11-13H2,1-4H3,(H2,27,30)(H,28,29)(H2,31,32,33)/b18-9+,19-10+/t17-,22+,24+/m0/s1. The smallest absolute Gasteiger partial charge is 0.442 e. The topological polar surface area (TPSA) is 157 Å². The first-order valence-corrected chi connectivity index (χ1v) is 13.9. The molecule has 1 aliphatic heterocycles. The third-order valence-electron chi connectivity index (χ3n) is 6.37. The van der Waals surface area contributed by atoms with Crippen molar-refractivity contribution in [2.24, 2.45) is 11.7 Å². The second-order valence-corrected chi connectivity index (χ2v) is 10.6. The van der Waals surface area contributed by atoms with E-state index in [0.29, 0.717) is 30.5 Å². The largest absolute Gasteiger partial charge is 0.524 e. The monoisotopic (exact) mass is 538 g/mol. The van der Waals surface area contributed by atoms with Gasteiger partial charge in [-0.25, -0.2) is 9.36 Å². The number of hydrogen-bond acceptors (Lipinski definition) is 6. The third kappa shape index (κ3) is 11.1. The molecular weight excluding hydrogens is 499 g/mol. The number of allylic oxidation sites excluding steroid dienone is 2. The highest BCUT2D eigenvalue weighted by atomic mass is 31.2. The lowest BCUT2D eigenvalue weighted by molar-refractivity contribution is -0.112. The van der Waals surface area contributed by atoms with E-state index in [1.807, 2.05) is 19.9 Å². The number of nitrogens with two attached hydrogens (primary N) is 1. The predicted octanol–water partition coefficient (Wildman–Crippen LogP) is 5.00. The van der Waals surface area contributed by atoms with Crippen LogP contribution in [0.25, 0.3) is 0 Å². The average Bonchev–Trinajstić information content (AvgIpc) is 2.79. The highest BCUT2D eigenvalue weighted by Gasteiger charge is 2.23. The first-order chi connectivity index (χ1) is 17.4. The number of phosphoric acid groups is 1. The summed E-state index contributed by atoms with van der Waals surface area (Å²) >= 11 is 0. The average molecular weight is 539 g/mol. The van der Waals surface area contributed by atoms with Crippen molar-refractivity contribution in [3.8, 4) is 5.75 Å². The Hall–Kier alpha value is -2.65. The van der Waals surface area contributed by atoms with Crippen LogP contribution in [0.3, 0.4) is 0 Å². The molecule has 0 unspecified atom stereocenters. The van der Waals surface area contributed by atoms with Crippen LogP contribution in [0, 0.1) is 5.92 Å². The van der Waals surface area contributed by atoms with E-state index in [2.05, 4.69) is 5.32 Å². The van der Waals surface area contributed by atoms with Gasteiger partial charge in [0.15, 0.2) is 0 Å². The maximum atomic E-state index is 12.8. The van der Waals surface area contributed by atoms with Gasteiger partial charge in [0.1, 0.15) is 11.9 Å². The van der Waals surface area contributed by atoms with Gasteiger partial charge in [-0.15, -0.1) is 0 Å². The van der Waals surface area contributed by atoms with Crippen molar-refractivity contribution in [1.82, 2.24) is 0 Å². The van der Waals surface area contributed by atoms with Gasteiger partial charge in [0, 0.05) is 24.4 Å². The summed E-state index contributed by atoms with van der Waals surface area (Å²) in [6.07, 6.45) is 7.41. The van der Waals surface area contributed by atoms with Gasteiger partial charge in [0.25, 0.3) is 5.91 Å². The summed E-state index contributed by atoms with van der Waals surface area (Å²) in [4.78, 5) is 42.8. The van der Waals surface area contributed by atoms with E-state index in [-0.39, 0.29) is 23.7 Å². The van der Waals surface area contributed by atoms with Gasteiger partial charge in [-0.2, -0.15) is 0 Å². The molecule has 37 heavy (non-hydrogen) atoms. The van der Waals surface area contributed by atoms with Crippen LogP contribution < -0.4 is 15.6 Å². The van der Waals surface area contributed by atoms with Gasteiger partial charge >= 0.3 is 13.9 Å². The van der Waals surface area contributed by atoms with E-state index in [0.717, 1.165) is 36.8 Å². The molecular formula is C26H39N2O8P. The summed E-state index contributed by atoms with van der Waals surface area (Å²) in [5, 5.41) is 2.79. The van der Waals surface area contributed by atoms with Crippen LogP contribution >= 0.6 is 7.82 Å². The molecule has 1 aliphatic rings. The zero-order chi connectivity index (χ0) is 27.6. The molecule has 0 saturated carbocycles. The molecule has 2 bridgehead atoms. The lowest BCUT2D eigenvalue weighted by Crippen LogP contribution is -2.29. The number of anilines is 1. The minimum Gasteiger partial charge on any atom is -0.442 e. The summed E-state index contributed by atoms with van der Waals surface area (Å²) in [5.41, 5.74) is 7.88. The first kappa shape index (κ1) is 30.6. The van der Waals surface area contributed by atoms with Crippen molar-refractivity contribution in [1.29, 1.82) is 0 Å². The SMILES string of the molecule is CO[C@@H]1CC/C=C(\C)[C@H](OC(N)=O)[C@@H](C)CC/C=C(\C)C(=O)Nc2cc(cc(OP(=O)(O)O)c2)CCC1. The zero-order valence-electron chi connectivity index (χ0n) is 21.9. The van der Waals surface area contributed by atoms with Gasteiger partial charge in [-0.05, 0) is 88.0 Å². The number of phosphoric ester groups is 1. The van der Waals surface area contributed by atoms with Crippen LogP contribution in [0.4, 0.5) is 10.5 Å². The highest BCUT2D eigenvalue weighted by Crippen LogP contribution is 2.39. The van der Waals surface area contributed by atoms with Gasteiger partial charge in [-0.1, -0.05) is 19.1 Å². The number of amides is 2. The van der Waals surface area contributed by atoms with Crippen LogP contribution in [-0.4, -0.2) is 41.1 Å². The van der Waals surface area contributed by atoms with E-state index >= 15 is 0 Å². The summed E-state index contributed by atoms with van der Waals surface area (Å²) in [7, 11) is -3.10. The molecule has 0 aliphatic carbocycles. The summed E-state index contributed by atoms with van der Waals surface area (Å²) in [6.45, 7) is 5.59. The molecule has 0 saturated heterocycles. The van der Waals surface area contributed by atoms with Gasteiger partial charge in [0.2, 0.25) is 0 Å². The maximum Gasteiger partial charge on any atom is 0.524 e. The van der Waals surface area contributed by atoms with Gasteiger partial charge in [-0.3, -0.25) is 14.6 Å². The summed E-state index contributed by atoms with van der Waals surface area (Å²) in [5.74, 6) is -0.391. The molecule has 0 spiro atoms. The van der Waals surface area contributed by atoms with E-state index in [1.165, 1.54) is 6.07 Å². The Morgan fingerprint density at radius 2 is 1.81 bits per heavy atom. The van der Waals surface area contributed by atoms with Crippen molar-refractivity contribution in [2.45, 2.75) is 77.9 Å². The van der Waals surface area contributed by atoms with E-state index in [1.54, 1.807) is 32.2 Å². The number of hydrogen-bond donors (Lipinski definition) is 4. The Morgan fingerprint density at radius 1 is 1.11 bits per heavy atom. The Labute approximate surface area is 218 Å². The molecule has 1 aromatic rings. The number of nitrogens with one attached hydrogen (secondary N) is 1. The number of aryl methyl sites for hydroxylation is 1. The van der Waals surface area contributed by atoms with E-state index in [4.69, 9.17) is 19.7 Å². The number of primary amides is 1. The number of carbonyl (C=O) groups excluding carboxylic acids is 2. The number of rotatable bonds is 4. The Kier molecular flexibility index (Phi) is 11.8. The number of methoxy groups -OCH3 is 1. The maximum absolute atomic E-state index is 12.8. The molecule has 206 valence electrons. The quantitative estimate of drug-likeness (QED) is 0.308. The zero-order valence-corrected chi connectivity index (χ0v) is 22.8. The summed E-state index contributed by atoms with van der Waals surface area (Å²) in [6, 6.07) is 4.72. The molecule has 0 fully saturated rings. The fourth-order valence-corrected chi connectivity index (χ4v) is 4.79. The lowest BCUT2D eigenvalue weighted by Gasteiger charge is -2.24. The van der Waals surface area contributed by atoms with Crippen LogP contribution in [0.1, 0.15) is 64.9 Å². The molecule has 3 atom stereocenters. The first-order valence-electron chi connectivity index (χ1n) is 12.4. The van der Waals surface area contributed by atoms with Crippen molar-refractivity contribution in [2.75, 3.05) is 12.4 Å². The van der Waals surface area contributed by atoms with Gasteiger partial charge < -0.3 is 25.0 Å². The van der Waals surface area contributed by atoms with Crippen LogP contribution in [0.2, 0.25) is 0 Å². The number of ether oxygens (including phenoxy) is 2. The van der Waals surface area contributed by atoms with Crippen LogP contribution in [-0.2, 0) is 25.3 Å². The number of carbonyl (C=O) groups is 2. The minimum atomic E-state index is -4.77. The van der Waals surface area contributed by atoms with E-state index < -0.39 is 20.0 Å². The number of benzene rings is 1. The Balaban J connectivity index is 2.34. The van der Waals surface area contributed by atoms with Gasteiger partial charge in [0.05, 0.1) is 6.10 Å². The van der Waals surface area contributed by atoms with Crippen molar-refractivity contribution >= 4 is 25.5 Å². The third-order valence-corrected chi connectivity index (χ3v) is 6.82. The molecule has 10 nitrogen and oxygen atoms in total. The molecule has 11 heteroatoms. The van der Waals surface area contributed by atoms with Crippen molar-refractivity contribution in [3.63, 3.8) is 0 Å². The predicted molar refractivity (Wildman–Crippen MR) is 141 cm³/mol. The second kappa shape index (κ2) is 14.3. The number of fused-ring (bicyclic) bond motifs is 2. The molecule has 5 N–H and O–H groups in total. The molecule has 1 aromatic carbocycles. The van der Waals surface area contributed by atoms with Crippen molar-refractivity contribution in [3.05, 3.63) is 47.1 Å². The van der Waals surface area contributed by atoms with Crippen LogP contribution in [0.5, 0.6) is 5.75 Å². The molecule has 0 radical (unpaired) electrons. The summed E-state index contributed by atoms with van der Waals surface area (Å²) < 4.78 is 27.3. The van der Waals surface area contributed by atoms with E-state index in [9.17, 15) is 23.9 Å². The van der Waals surface area contributed by atoms with Crippen LogP contribution in [0.15, 0.2) is 41.5 Å². The Morgan fingerprint density at radius 3 is 2.46 bits per heavy atom. The second-order valence-electron chi connectivity index (χ2n) is 9.48.